The van der Waals surface area contributed by atoms with Crippen molar-refractivity contribution in [1.82, 2.24) is 0 Å². The maximum atomic E-state index is 11.1. The third-order valence-electron chi connectivity index (χ3n) is 3.08. The molecule has 1 aliphatic carbocycles. The molecule has 1 rings (SSSR count). The first kappa shape index (κ1) is 10.5. The molecule has 13 heavy (non-hydrogen) atoms. The van der Waals surface area contributed by atoms with Gasteiger partial charge >= 0.3 is 5.97 Å². The van der Waals surface area contributed by atoms with Crippen molar-refractivity contribution in [3.63, 3.8) is 0 Å². The highest BCUT2D eigenvalue weighted by Gasteiger charge is 2.38. The van der Waals surface area contributed by atoms with Crippen LogP contribution in [-0.2, 0) is 4.79 Å². The molecule has 0 bridgehead atoms. The smallest absolute Gasteiger partial charge is 0.309 e. The number of carboxylic acids is 1. The number of carboxylic acid groups (broad SMARTS) is 1. The lowest BCUT2D eigenvalue weighted by molar-refractivity contribution is -0.151. The summed E-state index contributed by atoms with van der Waals surface area (Å²) < 4.78 is 0. The molecule has 0 aromatic carbocycles. The van der Waals surface area contributed by atoms with Gasteiger partial charge in [0.1, 0.15) is 0 Å². The highest BCUT2D eigenvalue weighted by molar-refractivity contribution is 5.74. The maximum absolute atomic E-state index is 11.1. The molecule has 0 aromatic rings. The molecule has 3 heteroatoms. The van der Waals surface area contributed by atoms with Gasteiger partial charge in [0.2, 0.25) is 0 Å². The number of aliphatic hydroxyl groups is 1. The van der Waals surface area contributed by atoms with E-state index >= 15 is 0 Å². The summed E-state index contributed by atoms with van der Waals surface area (Å²) in [5, 5.41) is 17.8. The van der Waals surface area contributed by atoms with Gasteiger partial charge in [-0.05, 0) is 25.7 Å². The standard InChI is InChI=1S/C10H18O3/c11-8-4-7-10(9(12)13)5-2-1-3-6-10/h11H,1-8H2,(H,12,13). The molecule has 0 amide bonds. The first-order valence-corrected chi connectivity index (χ1v) is 5.05. The summed E-state index contributed by atoms with van der Waals surface area (Å²) >= 11 is 0. The summed E-state index contributed by atoms with van der Waals surface area (Å²) in [6.07, 6.45) is 6.05. The molecule has 1 saturated carbocycles. The Balaban J connectivity index is 2.56. The Morgan fingerprint density at radius 2 is 1.85 bits per heavy atom. The van der Waals surface area contributed by atoms with Crippen molar-refractivity contribution < 1.29 is 15.0 Å². The van der Waals surface area contributed by atoms with E-state index in [-0.39, 0.29) is 6.61 Å². The van der Waals surface area contributed by atoms with Crippen molar-refractivity contribution in [2.45, 2.75) is 44.9 Å². The SMILES string of the molecule is O=C(O)C1(CCCO)CCCCC1. The minimum atomic E-state index is -0.666. The lowest BCUT2D eigenvalue weighted by Gasteiger charge is -2.32. The Hall–Kier alpha value is -0.570. The van der Waals surface area contributed by atoms with E-state index in [9.17, 15) is 4.79 Å². The van der Waals surface area contributed by atoms with E-state index in [1.807, 2.05) is 0 Å². The van der Waals surface area contributed by atoms with Gasteiger partial charge in [0.15, 0.2) is 0 Å². The van der Waals surface area contributed by atoms with Gasteiger partial charge in [-0.1, -0.05) is 19.3 Å². The molecule has 0 spiro atoms. The minimum absolute atomic E-state index is 0.106. The van der Waals surface area contributed by atoms with Gasteiger partial charge in [-0.25, -0.2) is 0 Å². The quantitative estimate of drug-likeness (QED) is 0.703. The summed E-state index contributed by atoms with van der Waals surface area (Å²) in [7, 11) is 0. The van der Waals surface area contributed by atoms with E-state index in [2.05, 4.69) is 0 Å². The van der Waals surface area contributed by atoms with Crippen molar-refractivity contribution in [3.8, 4) is 0 Å². The third-order valence-corrected chi connectivity index (χ3v) is 3.08. The minimum Gasteiger partial charge on any atom is -0.481 e. The van der Waals surface area contributed by atoms with Crippen molar-refractivity contribution in [1.29, 1.82) is 0 Å². The summed E-state index contributed by atoms with van der Waals surface area (Å²) in [6.45, 7) is 0.106. The van der Waals surface area contributed by atoms with Crippen LogP contribution in [-0.4, -0.2) is 22.8 Å². The van der Waals surface area contributed by atoms with Gasteiger partial charge in [-0.15, -0.1) is 0 Å². The molecule has 1 fully saturated rings. The zero-order valence-corrected chi connectivity index (χ0v) is 7.96. The predicted molar refractivity (Wildman–Crippen MR) is 49.5 cm³/mol. The van der Waals surface area contributed by atoms with Gasteiger partial charge in [0.05, 0.1) is 5.41 Å². The van der Waals surface area contributed by atoms with Crippen LogP contribution in [0.3, 0.4) is 0 Å². The molecule has 0 radical (unpaired) electrons. The largest absolute Gasteiger partial charge is 0.481 e. The average molecular weight is 186 g/mol. The first-order valence-electron chi connectivity index (χ1n) is 5.05. The molecule has 1 aliphatic rings. The number of carbonyl (C=O) groups is 1. The van der Waals surface area contributed by atoms with Crippen LogP contribution < -0.4 is 0 Å². The van der Waals surface area contributed by atoms with Crippen molar-refractivity contribution >= 4 is 5.97 Å². The van der Waals surface area contributed by atoms with Gasteiger partial charge in [-0.2, -0.15) is 0 Å². The van der Waals surface area contributed by atoms with Crippen molar-refractivity contribution in [2.75, 3.05) is 6.61 Å². The second-order valence-electron chi connectivity index (χ2n) is 3.97. The normalized spacial score (nSPS) is 21.3. The fraction of sp³-hybridized carbons (Fsp3) is 0.900. The second kappa shape index (κ2) is 4.61. The second-order valence-corrected chi connectivity index (χ2v) is 3.97. The zero-order valence-electron chi connectivity index (χ0n) is 7.96. The fourth-order valence-electron chi connectivity index (χ4n) is 2.22. The lowest BCUT2D eigenvalue weighted by atomic mass is 9.71. The third kappa shape index (κ3) is 2.44. The number of aliphatic hydroxyl groups excluding tert-OH is 1. The van der Waals surface area contributed by atoms with Crippen LogP contribution in [0.4, 0.5) is 0 Å². The van der Waals surface area contributed by atoms with Crippen LogP contribution in [0.25, 0.3) is 0 Å². The van der Waals surface area contributed by atoms with Gasteiger partial charge in [0.25, 0.3) is 0 Å². The number of hydrogen-bond acceptors (Lipinski definition) is 2. The van der Waals surface area contributed by atoms with E-state index in [0.29, 0.717) is 12.8 Å². The Labute approximate surface area is 78.8 Å². The molecule has 0 atom stereocenters. The highest BCUT2D eigenvalue weighted by atomic mass is 16.4. The van der Waals surface area contributed by atoms with Crippen LogP contribution in [0.5, 0.6) is 0 Å². The number of hydrogen-bond donors (Lipinski definition) is 2. The number of rotatable bonds is 4. The van der Waals surface area contributed by atoms with Gasteiger partial charge in [0, 0.05) is 6.61 Å². The zero-order chi connectivity index (χ0) is 9.73. The molecule has 0 aromatic heterocycles. The van der Waals surface area contributed by atoms with Crippen LogP contribution >= 0.6 is 0 Å². The van der Waals surface area contributed by atoms with Crippen LogP contribution in [0.2, 0.25) is 0 Å². The van der Waals surface area contributed by atoms with Crippen molar-refractivity contribution in [3.05, 3.63) is 0 Å². The molecular weight excluding hydrogens is 168 g/mol. The summed E-state index contributed by atoms with van der Waals surface area (Å²) in [6, 6.07) is 0. The summed E-state index contributed by atoms with van der Waals surface area (Å²) in [5.41, 5.74) is -0.513. The monoisotopic (exact) mass is 186 g/mol. The molecule has 3 nitrogen and oxygen atoms in total. The van der Waals surface area contributed by atoms with Crippen LogP contribution in [0.1, 0.15) is 44.9 Å². The Kier molecular flexibility index (Phi) is 3.72. The number of aliphatic carboxylic acids is 1. The molecular formula is C10H18O3. The van der Waals surface area contributed by atoms with E-state index in [1.54, 1.807) is 0 Å². The van der Waals surface area contributed by atoms with E-state index in [4.69, 9.17) is 10.2 Å². The predicted octanol–water partition coefficient (Wildman–Crippen LogP) is 1.79. The first-order chi connectivity index (χ1) is 6.21. The molecule has 0 unspecified atom stereocenters. The van der Waals surface area contributed by atoms with Crippen LogP contribution in [0.15, 0.2) is 0 Å². The Morgan fingerprint density at radius 1 is 1.23 bits per heavy atom. The lowest BCUT2D eigenvalue weighted by Crippen LogP contribution is -2.33. The molecule has 76 valence electrons. The summed E-state index contributed by atoms with van der Waals surface area (Å²) in [4.78, 5) is 11.1. The summed E-state index contributed by atoms with van der Waals surface area (Å²) in [5.74, 6) is -0.666. The Morgan fingerprint density at radius 3 is 2.31 bits per heavy atom. The Bertz CT molecular complexity index is 171. The fourth-order valence-corrected chi connectivity index (χ4v) is 2.22. The maximum Gasteiger partial charge on any atom is 0.309 e. The van der Waals surface area contributed by atoms with E-state index in [1.165, 1.54) is 0 Å². The van der Waals surface area contributed by atoms with Crippen molar-refractivity contribution in [2.24, 2.45) is 5.41 Å². The van der Waals surface area contributed by atoms with Crippen LogP contribution in [0, 0.1) is 5.41 Å². The highest BCUT2D eigenvalue weighted by Crippen LogP contribution is 2.40. The van der Waals surface area contributed by atoms with Gasteiger partial charge in [-0.3, -0.25) is 4.79 Å². The van der Waals surface area contributed by atoms with E-state index < -0.39 is 11.4 Å². The molecule has 0 saturated heterocycles. The molecule has 0 aliphatic heterocycles. The van der Waals surface area contributed by atoms with E-state index in [0.717, 1.165) is 32.1 Å². The average Bonchev–Trinajstić information content (AvgIpc) is 2.16. The van der Waals surface area contributed by atoms with Gasteiger partial charge < -0.3 is 10.2 Å². The molecule has 2 N–H and O–H groups in total. The molecule has 0 heterocycles. The topological polar surface area (TPSA) is 57.5 Å².